The van der Waals surface area contributed by atoms with Gasteiger partial charge in [-0.05, 0) is 43.9 Å². The minimum atomic E-state index is -3.21. The number of amides is 1. The van der Waals surface area contributed by atoms with E-state index in [2.05, 4.69) is 4.72 Å². The minimum absolute atomic E-state index is 0.177. The number of carbonyl (C=O) groups excluding carboxylic acids is 2. The first-order chi connectivity index (χ1) is 13.2. The Kier molecular flexibility index (Phi) is 8.00. The number of carbonyl (C=O) groups is 2. The molecule has 1 aromatic carbocycles. The van der Waals surface area contributed by atoms with Crippen molar-refractivity contribution in [2.24, 2.45) is 0 Å². The van der Waals surface area contributed by atoms with Gasteiger partial charge in [0.25, 0.3) is 5.91 Å². The van der Waals surface area contributed by atoms with Crippen molar-refractivity contribution in [3.63, 3.8) is 0 Å². The molecule has 1 fully saturated rings. The van der Waals surface area contributed by atoms with E-state index in [-0.39, 0.29) is 11.9 Å². The topological polar surface area (TPSA) is 92.8 Å². The van der Waals surface area contributed by atoms with Gasteiger partial charge >= 0.3 is 5.97 Å². The summed E-state index contributed by atoms with van der Waals surface area (Å²) < 4.78 is 29.9. The number of nitrogens with one attached hydrogen (secondary N) is 1. The molecule has 1 N–H and O–H groups in total. The molecular weight excluding hydrogens is 380 g/mol. The summed E-state index contributed by atoms with van der Waals surface area (Å²) in [5.41, 5.74) is 1.26. The van der Waals surface area contributed by atoms with Crippen LogP contribution in [0.3, 0.4) is 0 Å². The van der Waals surface area contributed by atoms with Crippen LogP contribution >= 0.6 is 0 Å². The van der Waals surface area contributed by atoms with Crippen LogP contribution in [0.1, 0.15) is 54.9 Å². The van der Waals surface area contributed by atoms with Crippen molar-refractivity contribution in [3.05, 3.63) is 35.4 Å². The van der Waals surface area contributed by atoms with Crippen molar-refractivity contribution in [3.8, 4) is 0 Å². The third-order valence-electron chi connectivity index (χ3n) is 5.07. The van der Waals surface area contributed by atoms with Crippen LogP contribution in [-0.4, -0.2) is 57.2 Å². The highest BCUT2D eigenvalue weighted by atomic mass is 32.2. The van der Waals surface area contributed by atoms with Crippen LogP contribution in [0.15, 0.2) is 24.3 Å². The van der Waals surface area contributed by atoms with Crippen LogP contribution in [-0.2, 0) is 26.0 Å². The fourth-order valence-corrected chi connectivity index (χ4v) is 3.88. The summed E-state index contributed by atoms with van der Waals surface area (Å²) in [6.07, 6.45) is 6.26. The van der Waals surface area contributed by atoms with E-state index in [0.29, 0.717) is 18.5 Å². The monoisotopic (exact) mass is 410 g/mol. The lowest BCUT2D eigenvalue weighted by molar-refractivity contribution is -0.141. The zero-order valence-corrected chi connectivity index (χ0v) is 17.6. The molecule has 156 valence electrons. The third kappa shape index (κ3) is 6.91. The summed E-state index contributed by atoms with van der Waals surface area (Å²) in [5.74, 6) is -0.720. The lowest BCUT2D eigenvalue weighted by Crippen LogP contribution is -2.44. The van der Waals surface area contributed by atoms with Gasteiger partial charge in [0, 0.05) is 19.6 Å². The van der Waals surface area contributed by atoms with Gasteiger partial charge in [0.15, 0.2) is 6.10 Å². The lowest BCUT2D eigenvalue weighted by atomic mass is 9.94. The number of benzene rings is 1. The number of hydrogen-bond acceptors (Lipinski definition) is 5. The Balaban J connectivity index is 1.86. The highest BCUT2D eigenvalue weighted by molar-refractivity contribution is 7.88. The maximum absolute atomic E-state index is 12.6. The van der Waals surface area contributed by atoms with Gasteiger partial charge in [-0.2, -0.15) is 0 Å². The summed E-state index contributed by atoms with van der Waals surface area (Å²) in [6.45, 7) is 1.90. The number of nitrogens with zero attached hydrogens (tertiary/aromatic N) is 1. The molecule has 0 heterocycles. The van der Waals surface area contributed by atoms with Crippen LogP contribution < -0.4 is 4.72 Å². The fourth-order valence-electron chi connectivity index (χ4n) is 3.40. The zero-order valence-electron chi connectivity index (χ0n) is 16.8. The van der Waals surface area contributed by atoms with Gasteiger partial charge in [0.2, 0.25) is 10.0 Å². The number of likely N-dealkylation sites (N-methyl/N-ethyl adjacent to an activating group) is 1. The van der Waals surface area contributed by atoms with Crippen LogP contribution in [0, 0.1) is 0 Å². The molecule has 0 aliphatic heterocycles. The Hall–Kier alpha value is -1.93. The molecule has 1 aliphatic carbocycles. The second kappa shape index (κ2) is 10.0. The summed E-state index contributed by atoms with van der Waals surface area (Å²) in [7, 11) is -1.43. The van der Waals surface area contributed by atoms with E-state index in [1.165, 1.54) is 6.42 Å². The van der Waals surface area contributed by atoms with Crippen molar-refractivity contribution in [2.75, 3.05) is 19.8 Å². The average molecular weight is 411 g/mol. The highest BCUT2D eigenvalue weighted by Gasteiger charge is 2.27. The van der Waals surface area contributed by atoms with Crippen molar-refractivity contribution >= 4 is 21.9 Å². The van der Waals surface area contributed by atoms with Crippen LogP contribution in [0.25, 0.3) is 0 Å². The Morgan fingerprint density at radius 1 is 1.18 bits per heavy atom. The summed E-state index contributed by atoms with van der Waals surface area (Å²) in [6, 6.07) is 6.98. The molecule has 0 radical (unpaired) electrons. The third-order valence-corrected chi connectivity index (χ3v) is 5.80. The molecule has 0 saturated heterocycles. The van der Waals surface area contributed by atoms with Crippen molar-refractivity contribution in [1.82, 2.24) is 9.62 Å². The standard InChI is InChI=1S/C20H30N2O5S/c1-15(19(23)22(2)18-7-5-4-6-8-18)27-20(24)17-11-9-16(10-12-17)13-14-21-28(3,25)26/h9-12,15,18,21H,4-8,13-14H2,1-3H3. The van der Waals surface area contributed by atoms with Crippen LogP contribution in [0.4, 0.5) is 0 Å². The van der Waals surface area contributed by atoms with Crippen molar-refractivity contribution < 1.29 is 22.7 Å². The molecule has 28 heavy (non-hydrogen) atoms. The van der Waals surface area contributed by atoms with E-state index in [1.807, 2.05) is 0 Å². The largest absolute Gasteiger partial charge is 0.449 e. The lowest BCUT2D eigenvalue weighted by Gasteiger charge is -2.32. The van der Waals surface area contributed by atoms with Gasteiger partial charge in [0.1, 0.15) is 0 Å². The van der Waals surface area contributed by atoms with E-state index in [9.17, 15) is 18.0 Å². The molecule has 0 bridgehead atoms. The van der Waals surface area contributed by atoms with Crippen molar-refractivity contribution in [1.29, 1.82) is 0 Å². The molecule has 1 amide bonds. The van der Waals surface area contributed by atoms with E-state index in [1.54, 1.807) is 43.1 Å². The Labute approximate surface area is 167 Å². The molecule has 1 aliphatic rings. The molecule has 1 saturated carbocycles. The molecule has 7 nitrogen and oxygen atoms in total. The summed E-state index contributed by atoms with van der Waals surface area (Å²) in [5, 5.41) is 0. The van der Waals surface area contributed by atoms with E-state index in [0.717, 1.165) is 37.5 Å². The Morgan fingerprint density at radius 2 is 1.79 bits per heavy atom. The number of ether oxygens (including phenoxy) is 1. The summed E-state index contributed by atoms with van der Waals surface area (Å²) >= 11 is 0. The second-order valence-electron chi connectivity index (χ2n) is 7.40. The molecule has 0 aromatic heterocycles. The number of hydrogen-bond donors (Lipinski definition) is 1. The van der Waals surface area contributed by atoms with Crippen molar-refractivity contribution in [2.45, 2.75) is 57.6 Å². The molecule has 1 atom stereocenters. The minimum Gasteiger partial charge on any atom is -0.449 e. The smallest absolute Gasteiger partial charge is 0.338 e. The van der Waals surface area contributed by atoms with Gasteiger partial charge in [-0.3, -0.25) is 4.79 Å². The van der Waals surface area contributed by atoms with Gasteiger partial charge < -0.3 is 9.64 Å². The van der Waals surface area contributed by atoms with Gasteiger partial charge in [-0.1, -0.05) is 31.4 Å². The molecule has 1 unspecified atom stereocenters. The Morgan fingerprint density at radius 3 is 2.36 bits per heavy atom. The van der Waals surface area contributed by atoms with E-state index >= 15 is 0 Å². The predicted octanol–water partition coefficient (Wildman–Crippen LogP) is 2.11. The maximum atomic E-state index is 12.6. The molecular formula is C20H30N2O5S. The maximum Gasteiger partial charge on any atom is 0.338 e. The first-order valence-corrected chi connectivity index (χ1v) is 11.6. The number of esters is 1. The first kappa shape index (κ1) is 22.4. The fraction of sp³-hybridized carbons (Fsp3) is 0.600. The molecule has 8 heteroatoms. The van der Waals surface area contributed by atoms with Gasteiger partial charge in [-0.25, -0.2) is 17.9 Å². The van der Waals surface area contributed by atoms with E-state index < -0.39 is 22.1 Å². The molecule has 0 spiro atoms. The molecule has 2 rings (SSSR count). The normalized spacial score (nSPS) is 16.4. The second-order valence-corrected chi connectivity index (χ2v) is 9.23. The number of rotatable bonds is 8. The van der Waals surface area contributed by atoms with Crippen LogP contribution in [0.2, 0.25) is 0 Å². The molecule has 1 aromatic rings. The average Bonchev–Trinajstić information content (AvgIpc) is 2.67. The predicted molar refractivity (Wildman–Crippen MR) is 108 cm³/mol. The zero-order chi connectivity index (χ0) is 20.7. The Bertz CT molecular complexity index is 770. The highest BCUT2D eigenvalue weighted by Crippen LogP contribution is 2.22. The van der Waals surface area contributed by atoms with Crippen LogP contribution in [0.5, 0.6) is 0 Å². The first-order valence-electron chi connectivity index (χ1n) is 9.68. The van der Waals surface area contributed by atoms with E-state index in [4.69, 9.17) is 4.74 Å². The van der Waals surface area contributed by atoms with Gasteiger partial charge in [0.05, 0.1) is 11.8 Å². The SMILES string of the molecule is CC(OC(=O)c1ccc(CCNS(C)(=O)=O)cc1)C(=O)N(C)C1CCCCC1. The van der Waals surface area contributed by atoms with Gasteiger partial charge in [-0.15, -0.1) is 0 Å². The quantitative estimate of drug-likeness (QED) is 0.663. The number of sulfonamides is 1. The summed E-state index contributed by atoms with van der Waals surface area (Å²) in [4.78, 5) is 26.6.